The van der Waals surface area contributed by atoms with E-state index in [9.17, 15) is 0 Å². The van der Waals surface area contributed by atoms with Crippen LogP contribution >= 0.6 is 46.6 Å². The molecular formula is C19H18Cl3N3O3S. The number of hydrogen-bond donors (Lipinski definition) is 1. The third-order valence-electron chi connectivity index (χ3n) is 3.88. The summed E-state index contributed by atoms with van der Waals surface area (Å²) < 4.78 is 0. The summed E-state index contributed by atoms with van der Waals surface area (Å²) in [4.78, 5) is 15.5. The minimum Gasteiger partial charge on any atom is -0.356 e. The number of nitrogens with zero attached hydrogens (tertiary/aromatic N) is 2. The van der Waals surface area contributed by atoms with E-state index in [1.165, 1.54) is 10.5 Å². The van der Waals surface area contributed by atoms with E-state index in [-0.39, 0.29) is 5.38 Å². The first-order valence-electron chi connectivity index (χ1n) is 8.57. The molecule has 1 N–H and O–H groups in total. The smallest absolute Gasteiger partial charge is 0.193 e. The van der Waals surface area contributed by atoms with Gasteiger partial charge in [-0.15, -0.1) is 11.6 Å². The number of aryl methyl sites for hydroxylation is 1. The standard InChI is InChI=1S/C19H17Cl3N2S.NO3/c20-15(12-24-11-10-23-13-24)7-4-14-5-8-16(9-6-14)25-19-17(21)2-1-3-18(19)22;2-1(3)4/h1-3,5-6,8-11,13,15H,4,7,12H2;/q;-1/p+1. The first kappa shape index (κ1) is 23.5. The summed E-state index contributed by atoms with van der Waals surface area (Å²) in [6.45, 7) is 0.862. The van der Waals surface area contributed by atoms with Gasteiger partial charge < -0.3 is 15.3 Å². The first-order chi connectivity index (χ1) is 13.8. The van der Waals surface area contributed by atoms with Crippen LogP contribution in [-0.4, -0.2) is 23.3 Å². The summed E-state index contributed by atoms with van der Waals surface area (Å²) in [7, 11) is 0. The topological polar surface area (TPSA) is 83.0 Å². The maximum atomic E-state index is 8.25. The fourth-order valence-corrected chi connectivity index (χ4v) is 4.30. The molecule has 0 fully saturated rings. The second kappa shape index (κ2) is 12.0. The third kappa shape index (κ3) is 8.64. The van der Waals surface area contributed by atoms with Gasteiger partial charge in [0.25, 0.3) is 0 Å². The number of hydrogen-bond acceptors (Lipinski definition) is 5. The number of aliphatic imine (C=N–C) groups is 1. The van der Waals surface area contributed by atoms with Crippen LogP contribution in [0.15, 0.2) is 69.6 Å². The van der Waals surface area contributed by atoms with Crippen molar-refractivity contribution >= 4 is 52.9 Å². The van der Waals surface area contributed by atoms with E-state index in [1.54, 1.807) is 18.0 Å². The van der Waals surface area contributed by atoms with Gasteiger partial charge in [0.15, 0.2) is 6.34 Å². The summed E-state index contributed by atoms with van der Waals surface area (Å²) in [5.41, 5.74) is 1.28. The molecule has 29 heavy (non-hydrogen) atoms. The van der Waals surface area contributed by atoms with Crippen LogP contribution in [0, 0.1) is 15.3 Å². The zero-order chi connectivity index (χ0) is 21.2. The molecule has 0 radical (unpaired) electrons. The zero-order valence-corrected chi connectivity index (χ0v) is 18.2. The molecule has 1 heterocycles. The summed E-state index contributed by atoms with van der Waals surface area (Å²) in [6, 6.07) is 14.0. The van der Waals surface area contributed by atoms with E-state index in [2.05, 4.69) is 29.3 Å². The van der Waals surface area contributed by atoms with Crippen LogP contribution in [0.1, 0.15) is 12.0 Å². The molecule has 1 aliphatic rings. The summed E-state index contributed by atoms with van der Waals surface area (Å²) >= 11 is 20.5. The Kier molecular flexibility index (Phi) is 9.76. The van der Waals surface area contributed by atoms with Crippen LogP contribution in [0.4, 0.5) is 0 Å². The SMILES string of the molecule is Clc1cccc(Cl)c1Sc1ccc(CCC(Cl)C[NH+]2C=CN=C2)cc1.O=[N+]([O-])[O-]. The van der Waals surface area contributed by atoms with Crippen molar-refractivity contribution in [2.45, 2.75) is 28.0 Å². The Balaban J connectivity index is 0.000000687. The van der Waals surface area contributed by atoms with Crippen LogP contribution in [0.2, 0.25) is 10.0 Å². The molecule has 10 heteroatoms. The van der Waals surface area contributed by atoms with Crippen molar-refractivity contribution in [3.63, 3.8) is 0 Å². The Labute approximate surface area is 187 Å². The van der Waals surface area contributed by atoms with Gasteiger partial charge >= 0.3 is 0 Å². The van der Waals surface area contributed by atoms with Crippen LogP contribution in [0.25, 0.3) is 0 Å². The van der Waals surface area contributed by atoms with Gasteiger partial charge in [0, 0.05) is 9.79 Å². The van der Waals surface area contributed by atoms with Gasteiger partial charge in [-0.2, -0.15) is 0 Å². The molecule has 2 aromatic rings. The monoisotopic (exact) mass is 473 g/mol. The van der Waals surface area contributed by atoms with Crippen molar-refractivity contribution < 1.29 is 9.99 Å². The minimum absolute atomic E-state index is 0.125. The van der Waals surface area contributed by atoms with Crippen LogP contribution < -0.4 is 4.90 Å². The van der Waals surface area contributed by atoms with E-state index >= 15 is 0 Å². The second-order valence-corrected chi connectivity index (χ2v) is 8.54. The predicted octanol–water partition coefficient (Wildman–Crippen LogP) is 4.84. The summed E-state index contributed by atoms with van der Waals surface area (Å²) in [5.74, 6) is 0. The average Bonchev–Trinajstić information content (AvgIpc) is 3.17. The Hall–Kier alpha value is -1.77. The van der Waals surface area contributed by atoms with Gasteiger partial charge in [-0.05, 0) is 42.7 Å². The van der Waals surface area contributed by atoms with Crippen molar-refractivity contribution in [1.82, 2.24) is 0 Å². The molecule has 154 valence electrons. The molecule has 2 atom stereocenters. The molecule has 0 saturated carbocycles. The average molecular weight is 475 g/mol. The minimum atomic E-state index is -1.75. The normalized spacial score (nSPS) is 15.6. The maximum absolute atomic E-state index is 8.25. The highest BCUT2D eigenvalue weighted by Gasteiger charge is 2.14. The summed E-state index contributed by atoms with van der Waals surface area (Å²) in [6.07, 6.45) is 7.60. The first-order valence-corrected chi connectivity index (χ1v) is 10.6. The predicted molar refractivity (Wildman–Crippen MR) is 119 cm³/mol. The van der Waals surface area contributed by atoms with Gasteiger partial charge in [0.2, 0.25) is 0 Å². The molecule has 2 unspecified atom stereocenters. The number of halogens is 3. The highest BCUT2D eigenvalue weighted by Crippen LogP contribution is 2.38. The Morgan fingerprint density at radius 3 is 2.28 bits per heavy atom. The van der Waals surface area contributed by atoms with Gasteiger partial charge in [-0.1, -0.05) is 53.2 Å². The van der Waals surface area contributed by atoms with E-state index < -0.39 is 5.09 Å². The molecule has 0 aromatic heterocycles. The largest absolute Gasteiger partial charge is 0.356 e. The highest BCUT2D eigenvalue weighted by molar-refractivity contribution is 7.99. The lowest BCUT2D eigenvalue weighted by Crippen LogP contribution is -3.06. The van der Waals surface area contributed by atoms with E-state index in [1.807, 2.05) is 30.7 Å². The Morgan fingerprint density at radius 2 is 1.72 bits per heavy atom. The van der Waals surface area contributed by atoms with E-state index in [0.29, 0.717) is 10.0 Å². The van der Waals surface area contributed by atoms with Crippen molar-refractivity contribution in [2.24, 2.45) is 4.99 Å². The Morgan fingerprint density at radius 1 is 1.10 bits per heavy atom. The molecule has 0 aliphatic carbocycles. The fourth-order valence-electron chi connectivity index (χ4n) is 2.54. The maximum Gasteiger partial charge on any atom is 0.193 e. The lowest BCUT2D eigenvalue weighted by Gasteiger charge is -2.12. The number of nitrogens with one attached hydrogen (secondary N) is 1. The number of quaternary nitrogens is 1. The van der Waals surface area contributed by atoms with Crippen molar-refractivity contribution in [2.75, 3.05) is 6.54 Å². The van der Waals surface area contributed by atoms with Gasteiger partial charge in [-0.3, -0.25) is 4.90 Å². The van der Waals surface area contributed by atoms with Crippen LogP contribution in [0.3, 0.4) is 0 Å². The molecule has 6 nitrogen and oxygen atoms in total. The molecular weight excluding hydrogens is 457 g/mol. The third-order valence-corrected chi connectivity index (χ3v) is 6.26. The Bertz CT molecular complexity index is 842. The van der Waals surface area contributed by atoms with Crippen LogP contribution in [-0.2, 0) is 6.42 Å². The van der Waals surface area contributed by atoms with E-state index in [0.717, 1.165) is 29.2 Å². The highest BCUT2D eigenvalue weighted by atomic mass is 35.5. The molecule has 2 aromatic carbocycles. The van der Waals surface area contributed by atoms with Crippen molar-refractivity contribution in [1.29, 1.82) is 0 Å². The molecule has 1 aliphatic heterocycles. The fraction of sp³-hybridized carbons (Fsp3) is 0.211. The summed E-state index contributed by atoms with van der Waals surface area (Å²) in [5, 5.41) is 16.2. The zero-order valence-electron chi connectivity index (χ0n) is 15.1. The van der Waals surface area contributed by atoms with Crippen molar-refractivity contribution in [3.05, 3.63) is 85.8 Å². The van der Waals surface area contributed by atoms with E-state index in [4.69, 9.17) is 50.1 Å². The molecule has 0 saturated heterocycles. The number of benzene rings is 2. The lowest BCUT2D eigenvalue weighted by molar-refractivity contribution is -0.735. The number of alkyl halides is 1. The second-order valence-electron chi connectivity index (χ2n) is 6.03. The molecule has 3 rings (SSSR count). The molecule has 0 bridgehead atoms. The molecule has 0 spiro atoms. The van der Waals surface area contributed by atoms with Gasteiger partial charge in [-0.25, -0.2) is 4.99 Å². The van der Waals surface area contributed by atoms with Gasteiger partial charge in [0.1, 0.15) is 12.7 Å². The van der Waals surface area contributed by atoms with Crippen LogP contribution in [0.5, 0.6) is 0 Å². The quantitative estimate of drug-likeness (QED) is 0.353. The lowest BCUT2D eigenvalue weighted by atomic mass is 10.1. The number of rotatable bonds is 7. The van der Waals surface area contributed by atoms with Crippen molar-refractivity contribution in [3.8, 4) is 0 Å². The molecule has 0 amide bonds. The van der Waals surface area contributed by atoms with Gasteiger partial charge in [0.05, 0.1) is 26.7 Å².